The number of hydrogen-bond donors (Lipinski definition) is 2. The number of hydrogen-bond acceptors (Lipinski definition) is 2. The molecule has 0 aromatic carbocycles. The molecule has 0 spiro atoms. The van der Waals surface area contributed by atoms with Crippen LogP contribution in [0.1, 0.15) is 41.5 Å². The van der Waals surface area contributed by atoms with Crippen LogP contribution in [-0.2, 0) is 21.7 Å². The van der Waals surface area contributed by atoms with Crippen molar-refractivity contribution in [3.63, 3.8) is 0 Å². The van der Waals surface area contributed by atoms with Gasteiger partial charge in [0.05, 0.1) is 0 Å². The van der Waals surface area contributed by atoms with E-state index in [4.69, 9.17) is 21.7 Å². The molecule has 4 N–H and O–H groups in total. The maximum atomic E-state index is 10.5. The van der Waals surface area contributed by atoms with E-state index in [0.29, 0.717) is 0 Å². The Kier molecular flexibility index (Phi) is 29.7. The van der Waals surface area contributed by atoms with Crippen molar-refractivity contribution in [2.75, 3.05) is 13.2 Å². The summed E-state index contributed by atoms with van der Waals surface area (Å²) in [5.74, 6) is 0. The minimum atomic E-state index is -4.40. The van der Waals surface area contributed by atoms with Crippen LogP contribution in [0, 0.1) is 6.58 Å². The minimum absolute atomic E-state index is 0. The fraction of sp³-hybridized carbons (Fsp3) is 0.857. The van der Waals surface area contributed by atoms with Crippen LogP contribution >= 0.6 is 0 Å². The molecule has 0 amide bonds. The molecule has 0 fully saturated rings. The Morgan fingerprint density at radius 3 is 0.720 bits per heavy atom. The van der Waals surface area contributed by atoms with Crippen LogP contribution in [0.4, 0.5) is 26.3 Å². The zero-order valence-electron chi connectivity index (χ0n) is 15.4. The topological polar surface area (TPSA) is 88.1 Å². The fourth-order valence-electron chi connectivity index (χ4n) is 0. The zero-order chi connectivity index (χ0) is 21.4. The van der Waals surface area contributed by atoms with Crippen molar-refractivity contribution < 1.29 is 58.3 Å². The smallest absolute Gasteiger partial charge is 0.673 e. The summed E-state index contributed by atoms with van der Waals surface area (Å²) in [6.45, 7) is 14.7. The summed E-state index contributed by atoms with van der Waals surface area (Å²) in [6, 6.07) is 0. The van der Waals surface area contributed by atoms with Gasteiger partial charge in [-0.05, 0) is 0 Å². The van der Waals surface area contributed by atoms with E-state index in [2.05, 4.69) is 13.2 Å². The Labute approximate surface area is 161 Å². The number of alkyl halides is 6. The summed E-state index contributed by atoms with van der Waals surface area (Å²) in [7, 11) is 0. The molecular formula is C14H29F6N2O2Ti. The van der Waals surface area contributed by atoms with Gasteiger partial charge in [0.25, 0.3) is 0 Å². The normalized spacial score (nSPS) is 10.7. The molecule has 0 atom stereocenters. The summed E-state index contributed by atoms with van der Waals surface area (Å²) in [5.41, 5.74) is 13.4. The van der Waals surface area contributed by atoms with Crippen molar-refractivity contribution in [1.82, 2.24) is 0 Å². The second-order valence-electron chi connectivity index (χ2n) is 6.05. The quantitative estimate of drug-likeness (QED) is 0.315. The van der Waals surface area contributed by atoms with Gasteiger partial charge in [0.2, 0.25) is 0 Å². The van der Waals surface area contributed by atoms with Crippen molar-refractivity contribution >= 4 is 0 Å². The van der Waals surface area contributed by atoms with Gasteiger partial charge in [0, 0.05) is 0 Å². The standard InChI is InChI=1S/2C4H10N.2C2H3F3O.C2H3.Ti/c2*1-4(2,3)5;2*3-2(4,5)1-6;1-2;/h2*5H,1-3H3;2*6H,1H2;1H,2H2;/q2*-1;;;-1;+3. The van der Waals surface area contributed by atoms with E-state index in [9.17, 15) is 26.3 Å². The van der Waals surface area contributed by atoms with Gasteiger partial charge in [-0.1, -0.05) is 41.5 Å². The molecule has 0 saturated carbocycles. The third-order valence-corrected chi connectivity index (χ3v) is 0.359. The molecule has 0 heterocycles. The summed E-state index contributed by atoms with van der Waals surface area (Å²) < 4.78 is 63.2. The number of aliphatic hydroxyl groups is 2. The Morgan fingerprint density at radius 2 is 0.720 bits per heavy atom. The first-order valence-electron chi connectivity index (χ1n) is 6.38. The monoisotopic (exact) mass is 419 g/mol. The molecule has 0 saturated heterocycles. The third-order valence-electron chi connectivity index (χ3n) is 0.359. The summed E-state index contributed by atoms with van der Waals surface area (Å²) in [5, 5.41) is 14.6. The minimum Gasteiger partial charge on any atom is -0.673 e. The van der Waals surface area contributed by atoms with E-state index in [-0.39, 0.29) is 32.8 Å². The summed E-state index contributed by atoms with van der Waals surface area (Å²) >= 11 is 0. The Balaban J connectivity index is -0.0000000461. The Morgan fingerprint density at radius 1 is 0.680 bits per heavy atom. The van der Waals surface area contributed by atoms with Crippen LogP contribution < -0.4 is 0 Å². The van der Waals surface area contributed by atoms with Gasteiger partial charge in [-0.2, -0.15) is 26.3 Å². The predicted octanol–water partition coefficient (Wildman–Crippen LogP) is 5.36. The maximum Gasteiger partial charge on any atom is 3.00 e. The first kappa shape index (κ1) is 39.8. The van der Waals surface area contributed by atoms with Gasteiger partial charge < -0.3 is 28.3 Å². The van der Waals surface area contributed by atoms with Gasteiger partial charge in [-0.3, -0.25) is 6.58 Å². The van der Waals surface area contributed by atoms with Crippen molar-refractivity contribution in [3.8, 4) is 0 Å². The van der Waals surface area contributed by atoms with E-state index in [0.717, 1.165) is 0 Å². The van der Waals surface area contributed by atoms with E-state index in [1.165, 1.54) is 0 Å². The molecule has 25 heavy (non-hydrogen) atoms. The van der Waals surface area contributed by atoms with Crippen LogP contribution in [0.25, 0.3) is 11.5 Å². The van der Waals surface area contributed by atoms with Gasteiger partial charge in [0.1, 0.15) is 13.2 Å². The molecule has 0 bridgehead atoms. The molecule has 0 aliphatic carbocycles. The molecule has 0 aromatic heterocycles. The molecule has 0 aromatic rings. The van der Waals surface area contributed by atoms with Crippen LogP contribution in [-0.4, -0.2) is 46.9 Å². The van der Waals surface area contributed by atoms with Gasteiger partial charge in [0.15, 0.2) is 0 Å². The van der Waals surface area contributed by atoms with Crippen LogP contribution in [0.15, 0.2) is 6.58 Å². The molecule has 0 aliphatic rings. The van der Waals surface area contributed by atoms with E-state index in [1.54, 1.807) is 0 Å². The summed E-state index contributed by atoms with van der Waals surface area (Å²) in [4.78, 5) is 0. The number of aliphatic hydroxyl groups excluding tert-OH is 2. The first-order chi connectivity index (χ1) is 10.1. The van der Waals surface area contributed by atoms with Crippen molar-refractivity contribution in [3.05, 3.63) is 24.6 Å². The summed E-state index contributed by atoms with van der Waals surface area (Å²) in [6.07, 6.45) is -8.81. The molecule has 4 nitrogen and oxygen atoms in total. The van der Waals surface area contributed by atoms with Gasteiger partial charge in [-0.15, -0.1) is 11.1 Å². The van der Waals surface area contributed by atoms with E-state index < -0.39 is 25.6 Å². The Hall–Kier alpha value is -0.126. The average Bonchev–Trinajstić information content (AvgIpc) is 2.26. The third kappa shape index (κ3) is 331. The molecule has 11 heteroatoms. The van der Waals surface area contributed by atoms with Crippen molar-refractivity contribution in [2.45, 2.75) is 65.0 Å². The molecule has 0 rings (SSSR count). The first-order valence-corrected chi connectivity index (χ1v) is 6.38. The number of halogens is 6. The van der Waals surface area contributed by atoms with Crippen LogP contribution in [0.2, 0.25) is 0 Å². The fourth-order valence-corrected chi connectivity index (χ4v) is 0. The molecule has 1 radical (unpaired) electrons. The average molecular weight is 419 g/mol. The van der Waals surface area contributed by atoms with Gasteiger partial charge in [-0.25, -0.2) is 0 Å². The van der Waals surface area contributed by atoms with E-state index in [1.807, 2.05) is 41.5 Å². The van der Waals surface area contributed by atoms with Crippen molar-refractivity contribution in [1.29, 1.82) is 0 Å². The predicted molar refractivity (Wildman–Crippen MR) is 84.4 cm³/mol. The second kappa shape index (κ2) is 18.7. The number of nitrogens with one attached hydrogen (secondary N) is 2. The van der Waals surface area contributed by atoms with Gasteiger partial charge >= 0.3 is 34.1 Å². The second-order valence-corrected chi connectivity index (χ2v) is 6.05. The maximum absolute atomic E-state index is 10.5. The van der Waals surface area contributed by atoms with Crippen LogP contribution in [0.3, 0.4) is 0 Å². The molecule has 0 unspecified atom stereocenters. The number of rotatable bonds is 0. The molecule has 153 valence electrons. The van der Waals surface area contributed by atoms with E-state index >= 15 is 0 Å². The molecular weight excluding hydrogens is 390 g/mol. The van der Waals surface area contributed by atoms with Crippen LogP contribution in [0.5, 0.6) is 0 Å². The Bertz CT molecular complexity index is 224. The zero-order valence-corrected chi connectivity index (χ0v) is 16.9. The molecule has 0 aliphatic heterocycles. The van der Waals surface area contributed by atoms with Crippen molar-refractivity contribution in [2.24, 2.45) is 0 Å². The SMILES string of the molecule is CC(C)(C)[NH-].CC(C)(C)[NH-].OCC(F)(F)F.OCC(F)(F)F.[CH-]=C.[Ti+3]. The largest absolute Gasteiger partial charge is 3.00 e.